The fourth-order valence-electron chi connectivity index (χ4n) is 3.47. The molecule has 2 saturated heterocycles. The van der Waals surface area contributed by atoms with Gasteiger partial charge < -0.3 is 5.11 Å². The van der Waals surface area contributed by atoms with Crippen LogP contribution < -0.4 is 0 Å². The van der Waals surface area contributed by atoms with Gasteiger partial charge in [0.2, 0.25) is 10.0 Å². The highest BCUT2D eigenvalue weighted by Crippen LogP contribution is 2.26. The zero-order valence-corrected chi connectivity index (χ0v) is 14.1. The van der Waals surface area contributed by atoms with Gasteiger partial charge in [0, 0.05) is 19.1 Å². The molecule has 0 saturated carbocycles. The van der Waals surface area contributed by atoms with Crippen molar-refractivity contribution in [2.24, 2.45) is 0 Å². The highest BCUT2D eigenvalue weighted by molar-refractivity contribution is 7.89. The maximum absolute atomic E-state index is 12.8. The SMILES string of the molecule is Cc1ccc(S(=O)(=O)N2CC[C@@H](N3CCCC3)C2)cc1C(=O)O. The van der Waals surface area contributed by atoms with Crippen molar-refractivity contribution in [3.05, 3.63) is 29.3 Å². The molecule has 1 aromatic carbocycles. The van der Waals surface area contributed by atoms with E-state index < -0.39 is 16.0 Å². The molecule has 2 heterocycles. The van der Waals surface area contributed by atoms with Crippen LogP contribution in [0.1, 0.15) is 35.2 Å². The van der Waals surface area contributed by atoms with Crippen LogP contribution in [0.4, 0.5) is 0 Å². The summed E-state index contributed by atoms with van der Waals surface area (Å²) in [5, 5.41) is 9.19. The van der Waals surface area contributed by atoms with Crippen LogP contribution in [-0.2, 0) is 10.0 Å². The number of sulfonamides is 1. The minimum Gasteiger partial charge on any atom is -0.478 e. The van der Waals surface area contributed by atoms with Crippen molar-refractivity contribution in [2.75, 3.05) is 26.2 Å². The minimum absolute atomic E-state index is 0.0429. The first-order chi connectivity index (χ1) is 10.9. The third-order valence-corrected chi connectivity index (χ3v) is 6.72. The Kier molecular flexibility index (Phi) is 4.44. The molecule has 2 aliphatic heterocycles. The lowest BCUT2D eigenvalue weighted by Crippen LogP contribution is -2.37. The van der Waals surface area contributed by atoms with Gasteiger partial charge in [-0.3, -0.25) is 4.90 Å². The first-order valence-corrected chi connectivity index (χ1v) is 9.42. The lowest BCUT2D eigenvalue weighted by atomic mass is 10.1. The Hall–Kier alpha value is -1.44. The highest BCUT2D eigenvalue weighted by Gasteiger charge is 2.36. The molecular formula is C16H22N2O4S. The molecule has 1 atom stereocenters. The molecule has 2 aliphatic rings. The first-order valence-electron chi connectivity index (χ1n) is 7.98. The summed E-state index contributed by atoms with van der Waals surface area (Å²) in [6, 6.07) is 4.62. The largest absolute Gasteiger partial charge is 0.478 e. The third kappa shape index (κ3) is 3.13. The molecule has 0 unspecified atom stereocenters. The van der Waals surface area contributed by atoms with Gasteiger partial charge in [-0.1, -0.05) is 6.07 Å². The minimum atomic E-state index is -3.63. The average Bonchev–Trinajstić information content (AvgIpc) is 3.18. The molecule has 0 amide bonds. The van der Waals surface area contributed by atoms with Crippen molar-refractivity contribution in [1.29, 1.82) is 0 Å². The molecule has 0 aromatic heterocycles. The summed E-state index contributed by atoms with van der Waals surface area (Å²) < 4.78 is 27.1. The van der Waals surface area contributed by atoms with E-state index in [4.69, 9.17) is 0 Å². The van der Waals surface area contributed by atoms with Crippen LogP contribution in [0.25, 0.3) is 0 Å². The van der Waals surface area contributed by atoms with E-state index in [9.17, 15) is 18.3 Å². The number of aromatic carboxylic acids is 1. The number of carbonyl (C=O) groups is 1. The fourth-order valence-corrected chi connectivity index (χ4v) is 4.99. The number of aryl methyl sites for hydroxylation is 1. The standard InChI is InChI=1S/C16H22N2O4S/c1-12-4-5-14(10-15(12)16(19)20)23(21,22)18-9-6-13(11-18)17-7-2-3-8-17/h4-5,10,13H,2-3,6-9,11H2,1H3,(H,19,20)/t13-/m1/s1. The maximum atomic E-state index is 12.8. The van der Waals surface area contributed by atoms with E-state index in [1.165, 1.54) is 29.3 Å². The molecule has 0 radical (unpaired) electrons. The summed E-state index contributed by atoms with van der Waals surface area (Å²) in [4.78, 5) is 13.7. The van der Waals surface area contributed by atoms with Crippen molar-refractivity contribution in [2.45, 2.75) is 37.1 Å². The Labute approximate surface area is 136 Å². The van der Waals surface area contributed by atoms with E-state index in [-0.39, 0.29) is 16.5 Å². The Morgan fingerprint density at radius 3 is 2.57 bits per heavy atom. The zero-order valence-electron chi connectivity index (χ0n) is 13.2. The van der Waals surface area contributed by atoms with Gasteiger partial charge in [-0.25, -0.2) is 13.2 Å². The highest BCUT2D eigenvalue weighted by atomic mass is 32.2. The monoisotopic (exact) mass is 338 g/mol. The van der Waals surface area contributed by atoms with E-state index in [0.29, 0.717) is 18.7 Å². The van der Waals surface area contributed by atoms with Crippen molar-refractivity contribution in [1.82, 2.24) is 9.21 Å². The van der Waals surface area contributed by atoms with Gasteiger partial charge in [0.05, 0.1) is 10.5 Å². The molecule has 0 aliphatic carbocycles. The van der Waals surface area contributed by atoms with Crippen molar-refractivity contribution in [3.8, 4) is 0 Å². The number of benzene rings is 1. The van der Waals surface area contributed by atoms with Gasteiger partial charge >= 0.3 is 5.97 Å². The molecule has 1 N–H and O–H groups in total. The number of hydrogen-bond donors (Lipinski definition) is 1. The number of carboxylic acids is 1. The van der Waals surface area contributed by atoms with E-state index in [1.807, 2.05) is 0 Å². The molecule has 126 valence electrons. The number of hydrogen-bond acceptors (Lipinski definition) is 4. The number of rotatable bonds is 4. The van der Waals surface area contributed by atoms with E-state index in [2.05, 4.69) is 4.90 Å². The molecule has 0 bridgehead atoms. The van der Waals surface area contributed by atoms with Gasteiger partial charge in [-0.05, 0) is 57.0 Å². The second-order valence-electron chi connectivity index (χ2n) is 6.33. The van der Waals surface area contributed by atoms with Gasteiger partial charge in [0.15, 0.2) is 0 Å². The Morgan fingerprint density at radius 1 is 1.22 bits per heavy atom. The summed E-state index contributed by atoms with van der Waals surface area (Å²) in [6.07, 6.45) is 3.21. The molecule has 2 fully saturated rings. The van der Waals surface area contributed by atoms with Gasteiger partial charge in [0.25, 0.3) is 0 Å². The molecule has 23 heavy (non-hydrogen) atoms. The summed E-state index contributed by atoms with van der Waals surface area (Å²) >= 11 is 0. The smallest absolute Gasteiger partial charge is 0.335 e. The van der Waals surface area contributed by atoms with Gasteiger partial charge in [-0.15, -0.1) is 0 Å². The van der Waals surface area contributed by atoms with E-state index >= 15 is 0 Å². The first kappa shape index (κ1) is 16.4. The quantitative estimate of drug-likeness (QED) is 0.901. The van der Waals surface area contributed by atoms with Crippen molar-refractivity contribution < 1.29 is 18.3 Å². The van der Waals surface area contributed by atoms with Gasteiger partial charge in [-0.2, -0.15) is 4.31 Å². The lowest BCUT2D eigenvalue weighted by molar-refractivity contribution is 0.0696. The van der Waals surface area contributed by atoms with Crippen molar-refractivity contribution in [3.63, 3.8) is 0 Å². The fraction of sp³-hybridized carbons (Fsp3) is 0.562. The second-order valence-corrected chi connectivity index (χ2v) is 8.27. The zero-order chi connectivity index (χ0) is 16.6. The molecule has 0 spiro atoms. The molecule has 3 rings (SSSR count). The van der Waals surface area contributed by atoms with E-state index in [0.717, 1.165) is 19.5 Å². The summed E-state index contributed by atoms with van der Waals surface area (Å²) in [7, 11) is -3.63. The normalized spacial score (nSPS) is 23.4. The van der Waals surface area contributed by atoms with Crippen LogP contribution in [-0.4, -0.2) is 60.9 Å². The lowest BCUT2D eigenvalue weighted by Gasteiger charge is -2.23. The number of nitrogens with zero attached hydrogens (tertiary/aromatic N) is 2. The topological polar surface area (TPSA) is 77.9 Å². The van der Waals surface area contributed by atoms with Gasteiger partial charge in [0.1, 0.15) is 0 Å². The summed E-state index contributed by atoms with van der Waals surface area (Å²) in [5.41, 5.74) is 0.606. The molecular weight excluding hydrogens is 316 g/mol. The number of carboxylic acid groups (broad SMARTS) is 1. The third-order valence-electron chi connectivity index (χ3n) is 4.86. The van der Waals surface area contributed by atoms with Crippen LogP contribution in [0.5, 0.6) is 0 Å². The number of likely N-dealkylation sites (tertiary alicyclic amines) is 1. The molecule has 7 heteroatoms. The maximum Gasteiger partial charge on any atom is 0.335 e. The predicted octanol–water partition coefficient (Wildman–Crippen LogP) is 1.55. The molecule has 6 nitrogen and oxygen atoms in total. The predicted molar refractivity (Wildman–Crippen MR) is 86.1 cm³/mol. The van der Waals surface area contributed by atoms with Crippen LogP contribution in [0.3, 0.4) is 0 Å². The molecule has 1 aromatic rings. The average molecular weight is 338 g/mol. The van der Waals surface area contributed by atoms with Crippen molar-refractivity contribution >= 4 is 16.0 Å². The van der Waals surface area contributed by atoms with Crippen LogP contribution >= 0.6 is 0 Å². The van der Waals surface area contributed by atoms with Crippen LogP contribution in [0, 0.1) is 6.92 Å². The summed E-state index contributed by atoms with van der Waals surface area (Å²) in [5.74, 6) is -1.10. The summed E-state index contributed by atoms with van der Waals surface area (Å²) in [6.45, 7) is 4.76. The van der Waals surface area contributed by atoms with E-state index in [1.54, 1.807) is 13.0 Å². The Morgan fingerprint density at radius 2 is 1.91 bits per heavy atom. The van der Waals surface area contributed by atoms with Crippen LogP contribution in [0.2, 0.25) is 0 Å². The van der Waals surface area contributed by atoms with Crippen LogP contribution in [0.15, 0.2) is 23.1 Å². The second kappa shape index (κ2) is 6.22. The Balaban J connectivity index is 1.82. The Bertz CT molecular complexity index is 711.